The molecule has 0 spiro atoms. The summed E-state index contributed by atoms with van der Waals surface area (Å²) < 4.78 is 0. The summed E-state index contributed by atoms with van der Waals surface area (Å²) in [7, 11) is 0. The van der Waals surface area contributed by atoms with E-state index in [1.54, 1.807) is 0 Å². The van der Waals surface area contributed by atoms with Gasteiger partial charge in [-0.3, -0.25) is 0 Å². The Morgan fingerprint density at radius 2 is 2.17 bits per heavy atom. The van der Waals surface area contributed by atoms with E-state index in [-0.39, 0.29) is 0 Å². The summed E-state index contributed by atoms with van der Waals surface area (Å²) in [5, 5.41) is 12.6. The zero-order valence-electron chi connectivity index (χ0n) is 10.9. The van der Waals surface area contributed by atoms with Gasteiger partial charge in [-0.15, -0.1) is 0 Å². The molecule has 3 heteroatoms. The molecule has 1 aromatic carbocycles. The molecule has 0 heterocycles. The maximum Gasteiger partial charge on any atom is 0.101 e. The highest BCUT2D eigenvalue weighted by Crippen LogP contribution is 2.30. The minimum Gasteiger partial charge on any atom is -0.380 e. The van der Waals surface area contributed by atoms with Crippen LogP contribution in [0.2, 0.25) is 0 Å². The molecule has 1 aromatic rings. The lowest BCUT2D eigenvalue weighted by Crippen LogP contribution is -2.35. The van der Waals surface area contributed by atoms with Gasteiger partial charge in [-0.05, 0) is 43.4 Å². The average molecular weight is 243 g/mol. The van der Waals surface area contributed by atoms with Gasteiger partial charge in [-0.2, -0.15) is 5.26 Å². The van der Waals surface area contributed by atoms with Crippen LogP contribution in [0.1, 0.15) is 36.8 Å². The molecular weight excluding hydrogens is 222 g/mol. The zero-order valence-corrected chi connectivity index (χ0v) is 10.9. The number of nitriles is 1. The average Bonchev–Trinajstić information content (AvgIpc) is 2.90. The molecule has 0 aliphatic heterocycles. The Hall–Kier alpha value is -1.53. The Balaban J connectivity index is 2.16. The van der Waals surface area contributed by atoms with Crippen molar-refractivity contribution in [3.8, 4) is 6.07 Å². The molecule has 1 unspecified atom stereocenters. The van der Waals surface area contributed by atoms with Gasteiger partial charge >= 0.3 is 0 Å². The molecule has 3 N–H and O–H groups in total. The van der Waals surface area contributed by atoms with Crippen LogP contribution in [0.25, 0.3) is 0 Å². The largest absolute Gasteiger partial charge is 0.380 e. The number of nitrogens with two attached hydrogens (primary N) is 1. The molecule has 1 aliphatic rings. The Morgan fingerprint density at radius 3 is 2.78 bits per heavy atom. The van der Waals surface area contributed by atoms with E-state index in [9.17, 15) is 0 Å². The van der Waals surface area contributed by atoms with Crippen LogP contribution in [0.15, 0.2) is 18.2 Å². The summed E-state index contributed by atoms with van der Waals surface area (Å²) in [6.45, 7) is 2.67. The topological polar surface area (TPSA) is 61.8 Å². The van der Waals surface area contributed by atoms with E-state index < -0.39 is 0 Å². The number of aryl methyl sites for hydroxylation is 1. The number of hydrogen-bond acceptors (Lipinski definition) is 3. The first-order valence-corrected chi connectivity index (χ1v) is 6.72. The SMILES string of the molecule is Cc1ccc(C#N)c(NC(CN)C2CCCC2)c1. The summed E-state index contributed by atoms with van der Waals surface area (Å²) in [5.41, 5.74) is 8.69. The van der Waals surface area contributed by atoms with Crippen molar-refractivity contribution in [2.24, 2.45) is 11.7 Å². The number of anilines is 1. The summed E-state index contributed by atoms with van der Waals surface area (Å²) in [4.78, 5) is 0. The van der Waals surface area contributed by atoms with Crippen molar-refractivity contribution in [1.82, 2.24) is 0 Å². The van der Waals surface area contributed by atoms with Crippen molar-refractivity contribution in [2.75, 3.05) is 11.9 Å². The molecule has 0 amide bonds. The zero-order chi connectivity index (χ0) is 13.0. The predicted molar refractivity (Wildman–Crippen MR) is 74.3 cm³/mol. The smallest absolute Gasteiger partial charge is 0.101 e. The van der Waals surface area contributed by atoms with Crippen molar-refractivity contribution < 1.29 is 0 Å². The third kappa shape index (κ3) is 2.83. The molecule has 0 aromatic heterocycles. The fourth-order valence-electron chi connectivity index (χ4n) is 2.80. The minimum absolute atomic E-state index is 0.293. The molecular formula is C15H21N3. The molecule has 0 bridgehead atoms. The maximum atomic E-state index is 9.14. The van der Waals surface area contributed by atoms with Gasteiger partial charge in [0.25, 0.3) is 0 Å². The lowest BCUT2D eigenvalue weighted by molar-refractivity contribution is 0.462. The van der Waals surface area contributed by atoms with Crippen LogP contribution in [0.3, 0.4) is 0 Å². The molecule has 2 rings (SSSR count). The van der Waals surface area contributed by atoms with Crippen LogP contribution in [0, 0.1) is 24.2 Å². The van der Waals surface area contributed by atoms with E-state index in [1.807, 2.05) is 25.1 Å². The standard InChI is InChI=1S/C15H21N3/c1-11-6-7-13(9-16)14(8-11)18-15(10-17)12-4-2-3-5-12/h6-8,12,15,18H,2-5,10,17H2,1H3. The quantitative estimate of drug-likeness (QED) is 0.854. The van der Waals surface area contributed by atoms with Crippen molar-refractivity contribution in [3.63, 3.8) is 0 Å². The molecule has 3 nitrogen and oxygen atoms in total. The van der Waals surface area contributed by atoms with Gasteiger partial charge in [-0.1, -0.05) is 18.9 Å². The normalized spacial score (nSPS) is 17.4. The van der Waals surface area contributed by atoms with E-state index in [1.165, 1.54) is 31.2 Å². The Bertz CT molecular complexity index is 442. The molecule has 96 valence electrons. The van der Waals surface area contributed by atoms with Gasteiger partial charge in [-0.25, -0.2) is 0 Å². The highest BCUT2D eigenvalue weighted by Gasteiger charge is 2.24. The van der Waals surface area contributed by atoms with Gasteiger partial charge in [0.2, 0.25) is 0 Å². The van der Waals surface area contributed by atoms with Gasteiger partial charge in [0.1, 0.15) is 6.07 Å². The summed E-state index contributed by atoms with van der Waals surface area (Å²) >= 11 is 0. The number of benzene rings is 1. The maximum absolute atomic E-state index is 9.14. The lowest BCUT2D eigenvalue weighted by atomic mass is 9.97. The minimum atomic E-state index is 0.293. The number of nitrogens with one attached hydrogen (secondary N) is 1. The fraction of sp³-hybridized carbons (Fsp3) is 0.533. The lowest BCUT2D eigenvalue weighted by Gasteiger charge is -2.25. The van der Waals surface area contributed by atoms with E-state index in [2.05, 4.69) is 11.4 Å². The van der Waals surface area contributed by atoms with Gasteiger partial charge in [0.15, 0.2) is 0 Å². The molecule has 1 saturated carbocycles. The van der Waals surface area contributed by atoms with Crippen molar-refractivity contribution in [3.05, 3.63) is 29.3 Å². The Labute approximate surface area is 109 Å². The molecule has 0 radical (unpaired) electrons. The van der Waals surface area contributed by atoms with Crippen LogP contribution in [0.5, 0.6) is 0 Å². The van der Waals surface area contributed by atoms with Crippen LogP contribution < -0.4 is 11.1 Å². The van der Waals surface area contributed by atoms with E-state index in [0.29, 0.717) is 24.1 Å². The highest BCUT2D eigenvalue weighted by atomic mass is 15.0. The van der Waals surface area contributed by atoms with Crippen molar-refractivity contribution in [1.29, 1.82) is 5.26 Å². The summed E-state index contributed by atoms with van der Waals surface area (Å²) in [6, 6.07) is 8.41. The third-order valence-electron chi connectivity index (χ3n) is 3.86. The van der Waals surface area contributed by atoms with Crippen molar-refractivity contribution >= 4 is 5.69 Å². The third-order valence-corrected chi connectivity index (χ3v) is 3.86. The number of hydrogen-bond donors (Lipinski definition) is 2. The molecule has 18 heavy (non-hydrogen) atoms. The van der Waals surface area contributed by atoms with Crippen LogP contribution >= 0.6 is 0 Å². The van der Waals surface area contributed by atoms with Crippen LogP contribution in [-0.4, -0.2) is 12.6 Å². The number of rotatable bonds is 4. The van der Waals surface area contributed by atoms with Gasteiger partial charge in [0, 0.05) is 12.6 Å². The molecule has 1 aliphatic carbocycles. The first-order chi connectivity index (χ1) is 8.74. The second-order valence-corrected chi connectivity index (χ2v) is 5.19. The Kier molecular flexibility index (Phi) is 4.22. The summed E-state index contributed by atoms with van der Waals surface area (Å²) in [6.07, 6.45) is 5.12. The molecule has 1 fully saturated rings. The molecule has 1 atom stereocenters. The molecule has 0 saturated heterocycles. The van der Waals surface area contributed by atoms with Gasteiger partial charge < -0.3 is 11.1 Å². The van der Waals surface area contributed by atoms with Crippen LogP contribution in [-0.2, 0) is 0 Å². The van der Waals surface area contributed by atoms with E-state index in [0.717, 1.165) is 5.69 Å². The van der Waals surface area contributed by atoms with E-state index in [4.69, 9.17) is 11.0 Å². The monoisotopic (exact) mass is 243 g/mol. The Morgan fingerprint density at radius 1 is 1.44 bits per heavy atom. The fourth-order valence-corrected chi connectivity index (χ4v) is 2.80. The van der Waals surface area contributed by atoms with Gasteiger partial charge in [0.05, 0.1) is 11.3 Å². The second kappa shape index (κ2) is 5.88. The summed E-state index contributed by atoms with van der Waals surface area (Å²) in [5.74, 6) is 0.655. The predicted octanol–water partition coefficient (Wildman–Crippen LogP) is 2.80. The van der Waals surface area contributed by atoms with E-state index >= 15 is 0 Å². The number of nitrogens with zero attached hydrogens (tertiary/aromatic N) is 1. The van der Waals surface area contributed by atoms with Crippen molar-refractivity contribution in [2.45, 2.75) is 38.6 Å². The second-order valence-electron chi connectivity index (χ2n) is 5.19. The first-order valence-electron chi connectivity index (χ1n) is 6.72. The van der Waals surface area contributed by atoms with Crippen LogP contribution in [0.4, 0.5) is 5.69 Å². The first kappa shape index (κ1) is 12.9. The highest BCUT2D eigenvalue weighted by molar-refractivity contribution is 5.59.